The van der Waals surface area contributed by atoms with Crippen molar-refractivity contribution in [1.82, 2.24) is 4.90 Å². The van der Waals surface area contributed by atoms with Crippen molar-refractivity contribution in [3.8, 4) is 0 Å². The van der Waals surface area contributed by atoms with Gasteiger partial charge >= 0.3 is 7.12 Å². The van der Waals surface area contributed by atoms with E-state index in [4.69, 9.17) is 9.31 Å². The van der Waals surface area contributed by atoms with Gasteiger partial charge in [-0.05, 0) is 58.6 Å². The van der Waals surface area contributed by atoms with E-state index >= 15 is 0 Å². The Kier molecular flexibility index (Phi) is 4.12. The number of piperidine rings is 1. The number of rotatable bonds is 2. The van der Waals surface area contributed by atoms with E-state index in [1.54, 1.807) is 0 Å². The second kappa shape index (κ2) is 5.59. The summed E-state index contributed by atoms with van der Waals surface area (Å²) >= 11 is 0. The van der Waals surface area contributed by atoms with Gasteiger partial charge in [0, 0.05) is 13.1 Å². The number of likely N-dealkylation sites (tertiary alicyclic amines) is 1. The molecule has 23 heavy (non-hydrogen) atoms. The van der Waals surface area contributed by atoms with E-state index in [9.17, 15) is 5.11 Å². The fourth-order valence-corrected chi connectivity index (χ4v) is 3.21. The maximum atomic E-state index is 10.9. The molecule has 2 aliphatic heterocycles. The lowest BCUT2D eigenvalue weighted by molar-refractivity contribution is -0.0203. The summed E-state index contributed by atoms with van der Waals surface area (Å²) in [5, 5.41) is 10.9. The lowest BCUT2D eigenvalue weighted by Gasteiger charge is -2.37. The third kappa shape index (κ3) is 3.08. The van der Waals surface area contributed by atoms with E-state index in [0.29, 0.717) is 0 Å². The molecule has 0 aromatic heterocycles. The van der Waals surface area contributed by atoms with Crippen LogP contribution < -0.4 is 5.46 Å². The van der Waals surface area contributed by atoms with Crippen LogP contribution in [0.4, 0.5) is 0 Å². The van der Waals surface area contributed by atoms with Gasteiger partial charge in [-0.25, -0.2) is 0 Å². The van der Waals surface area contributed by atoms with Crippen LogP contribution in [-0.4, -0.2) is 48.5 Å². The standard InChI is InChI=1S/C18H28BNO3/c1-16(2)17(3,4)23-19(22-16)15-8-6-14(7-9-15)18(21)10-12-20(5)13-11-18/h6-9,21H,10-13H2,1-5H3. The molecule has 0 spiro atoms. The van der Waals surface area contributed by atoms with Crippen molar-refractivity contribution in [2.45, 2.75) is 57.3 Å². The van der Waals surface area contributed by atoms with E-state index in [2.05, 4.69) is 39.6 Å². The monoisotopic (exact) mass is 317 g/mol. The summed E-state index contributed by atoms with van der Waals surface area (Å²) in [7, 11) is 1.75. The number of hydrogen-bond acceptors (Lipinski definition) is 4. The van der Waals surface area contributed by atoms with E-state index in [0.717, 1.165) is 37.0 Å². The second-order valence-corrected chi connectivity index (χ2v) is 8.05. The molecule has 1 N–H and O–H groups in total. The quantitative estimate of drug-likeness (QED) is 0.846. The molecule has 1 aromatic rings. The SMILES string of the molecule is CN1CCC(O)(c2ccc(B3OC(C)(C)C(C)(C)O3)cc2)CC1. The maximum absolute atomic E-state index is 10.9. The molecule has 4 nitrogen and oxygen atoms in total. The number of aliphatic hydroxyl groups is 1. The van der Waals surface area contributed by atoms with Crippen molar-refractivity contribution in [3.05, 3.63) is 29.8 Å². The highest BCUT2D eigenvalue weighted by Crippen LogP contribution is 2.37. The Morgan fingerprint density at radius 3 is 1.91 bits per heavy atom. The Hall–Kier alpha value is -0.875. The second-order valence-electron chi connectivity index (χ2n) is 8.05. The molecule has 0 bridgehead atoms. The predicted octanol–water partition coefficient (Wildman–Crippen LogP) is 1.90. The van der Waals surface area contributed by atoms with Crippen LogP contribution in [0.2, 0.25) is 0 Å². The van der Waals surface area contributed by atoms with Crippen molar-refractivity contribution in [2.24, 2.45) is 0 Å². The molecule has 2 heterocycles. The van der Waals surface area contributed by atoms with Crippen LogP contribution in [0.3, 0.4) is 0 Å². The van der Waals surface area contributed by atoms with E-state index in [1.807, 2.05) is 24.3 Å². The Labute approximate surface area is 139 Å². The lowest BCUT2D eigenvalue weighted by Crippen LogP contribution is -2.41. The third-order valence-electron chi connectivity index (χ3n) is 5.79. The molecular formula is C18H28BNO3. The molecule has 0 amide bonds. The zero-order chi connectivity index (χ0) is 16.9. The van der Waals surface area contributed by atoms with E-state index < -0.39 is 5.60 Å². The van der Waals surface area contributed by atoms with Gasteiger partial charge in [-0.3, -0.25) is 0 Å². The molecule has 2 aliphatic rings. The molecule has 5 heteroatoms. The number of nitrogens with zero attached hydrogens (tertiary/aromatic N) is 1. The molecule has 0 saturated carbocycles. The molecule has 2 fully saturated rings. The summed E-state index contributed by atoms with van der Waals surface area (Å²) in [5.41, 5.74) is 0.626. The zero-order valence-electron chi connectivity index (χ0n) is 14.9. The van der Waals surface area contributed by atoms with Gasteiger partial charge in [0.2, 0.25) is 0 Å². The Morgan fingerprint density at radius 1 is 0.957 bits per heavy atom. The predicted molar refractivity (Wildman–Crippen MR) is 92.8 cm³/mol. The third-order valence-corrected chi connectivity index (χ3v) is 5.79. The molecule has 0 atom stereocenters. The van der Waals surface area contributed by atoms with E-state index in [1.165, 1.54) is 0 Å². The van der Waals surface area contributed by atoms with Gasteiger partial charge < -0.3 is 19.3 Å². The van der Waals surface area contributed by atoms with Crippen molar-refractivity contribution < 1.29 is 14.4 Å². The molecule has 2 saturated heterocycles. The number of hydrogen-bond donors (Lipinski definition) is 1. The molecule has 0 aliphatic carbocycles. The summed E-state index contributed by atoms with van der Waals surface area (Å²) in [6.07, 6.45) is 1.55. The van der Waals surface area contributed by atoms with Crippen LogP contribution in [0.15, 0.2) is 24.3 Å². The summed E-state index contributed by atoms with van der Waals surface area (Å²) in [4.78, 5) is 2.26. The zero-order valence-corrected chi connectivity index (χ0v) is 14.9. The summed E-state index contributed by atoms with van der Waals surface area (Å²) in [6, 6.07) is 8.08. The normalized spacial score (nSPS) is 26.4. The highest BCUT2D eigenvalue weighted by Gasteiger charge is 2.51. The molecule has 0 unspecified atom stereocenters. The van der Waals surface area contributed by atoms with Gasteiger partial charge in [-0.15, -0.1) is 0 Å². The first-order chi connectivity index (χ1) is 10.6. The smallest absolute Gasteiger partial charge is 0.399 e. The molecular weight excluding hydrogens is 289 g/mol. The van der Waals surface area contributed by atoms with Crippen molar-refractivity contribution >= 4 is 12.6 Å². The van der Waals surface area contributed by atoms with Crippen LogP contribution in [0.1, 0.15) is 46.1 Å². The topological polar surface area (TPSA) is 41.9 Å². The van der Waals surface area contributed by atoms with Crippen molar-refractivity contribution in [3.63, 3.8) is 0 Å². The van der Waals surface area contributed by atoms with Gasteiger partial charge in [-0.2, -0.15) is 0 Å². The molecule has 3 rings (SSSR count). The van der Waals surface area contributed by atoms with Crippen LogP contribution in [0.5, 0.6) is 0 Å². The van der Waals surface area contributed by atoms with Crippen molar-refractivity contribution in [2.75, 3.05) is 20.1 Å². The minimum absolute atomic E-state index is 0.331. The first-order valence-electron chi connectivity index (χ1n) is 8.50. The Morgan fingerprint density at radius 2 is 1.43 bits per heavy atom. The first kappa shape index (κ1) is 17.0. The van der Waals surface area contributed by atoms with Gasteiger partial charge in [0.25, 0.3) is 0 Å². The van der Waals surface area contributed by atoms with Crippen LogP contribution in [-0.2, 0) is 14.9 Å². The highest BCUT2D eigenvalue weighted by molar-refractivity contribution is 6.62. The maximum Gasteiger partial charge on any atom is 0.494 e. The first-order valence-corrected chi connectivity index (χ1v) is 8.50. The molecule has 0 radical (unpaired) electrons. The summed E-state index contributed by atoms with van der Waals surface area (Å²) in [5.74, 6) is 0. The fourth-order valence-electron chi connectivity index (χ4n) is 3.21. The molecule has 1 aromatic carbocycles. The van der Waals surface area contributed by atoms with Crippen LogP contribution >= 0.6 is 0 Å². The minimum Gasteiger partial charge on any atom is -0.399 e. The van der Waals surface area contributed by atoms with Crippen LogP contribution in [0, 0.1) is 0 Å². The Balaban J connectivity index is 1.76. The van der Waals surface area contributed by atoms with Gasteiger partial charge in [0.1, 0.15) is 0 Å². The van der Waals surface area contributed by atoms with Gasteiger partial charge in [0.05, 0.1) is 16.8 Å². The number of benzene rings is 1. The fraction of sp³-hybridized carbons (Fsp3) is 0.667. The lowest BCUT2D eigenvalue weighted by atomic mass is 9.77. The van der Waals surface area contributed by atoms with Gasteiger partial charge in [0.15, 0.2) is 0 Å². The highest BCUT2D eigenvalue weighted by atomic mass is 16.7. The van der Waals surface area contributed by atoms with Gasteiger partial charge in [-0.1, -0.05) is 24.3 Å². The Bertz CT molecular complexity index is 546. The average molecular weight is 317 g/mol. The average Bonchev–Trinajstić information content (AvgIpc) is 2.71. The minimum atomic E-state index is -0.707. The van der Waals surface area contributed by atoms with Crippen molar-refractivity contribution in [1.29, 1.82) is 0 Å². The summed E-state index contributed by atoms with van der Waals surface area (Å²) < 4.78 is 12.2. The largest absolute Gasteiger partial charge is 0.494 e. The summed E-state index contributed by atoms with van der Waals surface area (Å²) in [6.45, 7) is 10.1. The van der Waals surface area contributed by atoms with Crippen LogP contribution in [0.25, 0.3) is 0 Å². The molecule has 126 valence electrons. The van der Waals surface area contributed by atoms with E-state index in [-0.39, 0.29) is 18.3 Å².